The Morgan fingerprint density at radius 2 is 2.36 bits per heavy atom. The fourth-order valence-electron chi connectivity index (χ4n) is 0.536. The molecule has 3 nitrogen and oxygen atoms in total. The molecule has 0 aliphatic heterocycles. The van der Waals surface area contributed by atoms with Gasteiger partial charge >= 0.3 is 5.97 Å². The van der Waals surface area contributed by atoms with E-state index in [9.17, 15) is 4.79 Å². The van der Waals surface area contributed by atoms with Crippen molar-refractivity contribution in [2.45, 2.75) is 6.92 Å². The number of nitrogens with one attached hydrogen (secondary N) is 1. The molecule has 0 aromatic rings. The molecule has 0 atom stereocenters. The number of rotatable bonds is 4. The third kappa shape index (κ3) is 3.93. The van der Waals surface area contributed by atoms with Gasteiger partial charge in [-0.25, -0.2) is 4.79 Å². The van der Waals surface area contributed by atoms with Gasteiger partial charge < -0.3 is 10.1 Å². The van der Waals surface area contributed by atoms with E-state index in [0.29, 0.717) is 12.3 Å². The minimum Gasteiger partial charge on any atom is -0.461 e. The molecule has 0 unspecified atom stereocenters. The summed E-state index contributed by atoms with van der Waals surface area (Å²) < 4.78 is 4.76. The fraction of sp³-hybridized carbons (Fsp3) is 0.571. The summed E-state index contributed by atoms with van der Waals surface area (Å²) in [5.74, 6) is -0.302. The zero-order valence-electron chi connectivity index (χ0n) is 7.01. The van der Waals surface area contributed by atoms with E-state index in [0.717, 1.165) is 0 Å². The summed E-state index contributed by atoms with van der Waals surface area (Å²) in [5.41, 5.74) is 0.499. The Bertz CT molecular complexity index is 157. The summed E-state index contributed by atoms with van der Waals surface area (Å²) in [6, 6.07) is 0. The van der Waals surface area contributed by atoms with Gasteiger partial charge in [-0.3, -0.25) is 0 Å². The molecule has 0 aromatic heterocycles. The first-order chi connectivity index (χ1) is 5.26. The minimum atomic E-state index is -0.302. The van der Waals surface area contributed by atoms with Crippen LogP contribution in [-0.2, 0) is 9.53 Å². The van der Waals surface area contributed by atoms with E-state index >= 15 is 0 Å². The number of carbonyl (C=O) groups excluding carboxylic acids is 1. The van der Waals surface area contributed by atoms with Gasteiger partial charge in [-0.05, 0) is 13.2 Å². The normalized spacial score (nSPS) is 11.0. The van der Waals surface area contributed by atoms with Crippen LogP contribution < -0.4 is 5.32 Å². The van der Waals surface area contributed by atoms with Gasteiger partial charge in [0, 0.05) is 12.5 Å². The van der Waals surface area contributed by atoms with E-state index in [1.165, 1.54) is 11.8 Å². The highest BCUT2D eigenvalue weighted by molar-refractivity contribution is 8.01. The monoisotopic (exact) mass is 175 g/mol. The van der Waals surface area contributed by atoms with Crippen molar-refractivity contribution in [2.75, 3.05) is 19.9 Å². The van der Waals surface area contributed by atoms with Gasteiger partial charge in [0.25, 0.3) is 0 Å². The second-order valence-electron chi connectivity index (χ2n) is 1.74. The van der Waals surface area contributed by atoms with E-state index in [4.69, 9.17) is 4.74 Å². The van der Waals surface area contributed by atoms with Crippen LogP contribution in [-0.4, -0.2) is 25.9 Å². The van der Waals surface area contributed by atoms with Gasteiger partial charge in [0.1, 0.15) is 5.70 Å². The molecule has 0 rings (SSSR count). The molecular formula is C7H13NO2S. The molecule has 0 aliphatic rings. The maximum Gasteiger partial charge on any atom is 0.354 e. The van der Waals surface area contributed by atoms with Crippen molar-refractivity contribution in [1.82, 2.24) is 5.32 Å². The second kappa shape index (κ2) is 6.09. The Balaban J connectivity index is 4.03. The first-order valence-corrected chi connectivity index (χ1v) is 4.62. The number of ether oxygens (including phenoxy) is 1. The van der Waals surface area contributed by atoms with Crippen LogP contribution in [0.3, 0.4) is 0 Å². The van der Waals surface area contributed by atoms with Crippen LogP contribution in [0.15, 0.2) is 11.1 Å². The molecule has 0 aliphatic carbocycles. The number of hydrogen-bond donors (Lipinski definition) is 1. The molecule has 0 bridgehead atoms. The van der Waals surface area contributed by atoms with Crippen LogP contribution >= 0.6 is 11.8 Å². The van der Waals surface area contributed by atoms with E-state index in [1.54, 1.807) is 19.4 Å². The average Bonchev–Trinajstić information content (AvgIpc) is 2.00. The van der Waals surface area contributed by atoms with Gasteiger partial charge in [-0.1, -0.05) is 0 Å². The average molecular weight is 175 g/mol. The lowest BCUT2D eigenvalue weighted by atomic mass is 10.5. The first-order valence-electron chi connectivity index (χ1n) is 3.34. The van der Waals surface area contributed by atoms with E-state index in [2.05, 4.69) is 5.32 Å². The van der Waals surface area contributed by atoms with E-state index in [1.807, 2.05) is 6.26 Å². The van der Waals surface area contributed by atoms with Crippen molar-refractivity contribution in [1.29, 1.82) is 0 Å². The largest absolute Gasteiger partial charge is 0.461 e. The van der Waals surface area contributed by atoms with Crippen LogP contribution in [0.4, 0.5) is 0 Å². The standard InChI is InChI=1S/C7H13NO2S/c1-4-10-7(9)6(8-2)5-11-3/h5,8H,4H2,1-3H3/b6-5-. The van der Waals surface area contributed by atoms with Crippen LogP contribution in [0.25, 0.3) is 0 Å². The molecule has 0 saturated heterocycles. The summed E-state index contributed by atoms with van der Waals surface area (Å²) in [7, 11) is 1.69. The molecule has 0 amide bonds. The summed E-state index contributed by atoms with van der Waals surface area (Å²) in [6.45, 7) is 2.19. The number of likely N-dealkylation sites (N-methyl/N-ethyl adjacent to an activating group) is 1. The maximum absolute atomic E-state index is 11.0. The number of esters is 1. The fourth-order valence-corrected chi connectivity index (χ4v) is 0.986. The van der Waals surface area contributed by atoms with E-state index < -0.39 is 0 Å². The topological polar surface area (TPSA) is 38.3 Å². The van der Waals surface area contributed by atoms with Gasteiger partial charge in [0.05, 0.1) is 6.61 Å². The predicted molar refractivity (Wildman–Crippen MR) is 47.3 cm³/mol. The smallest absolute Gasteiger partial charge is 0.354 e. The molecule has 0 fully saturated rings. The molecule has 0 radical (unpaired) electrons. The Hall–Kier alpha value is -0.640. The van der Waals surface area contributed by atoms with Crippen molar-refractivity contribution < 1.29 is 9.53 Å². The lowest BCUT2D eigenvalue weighted by molar-refractivity contribution is -0.138. The van der Waals surface area contributed by atoms with Crippen molar-refractivity contribution in [2.24, 2.45) is 0 Å². The third-order valence-electron chi connectivity index (χ3n) is 1.00. The second-order valence-corrected chi connectivity index (χ2v) is 2.44. The minimum absolute atomic E-state index is 0.302. The van der Waals surface area contributed by atoms with Crippen LogP contribution in [0.2, 0.25) is 0 Å². The highest BCUT2D eigenvalue weighted by Gasteiger charge is 2.06. The van der Waals surface area contributed by atoms with Crippen molar-refractivity contribution in [3.63, 3.8) is 0 Å². The van der Waals surface area contributed by atoms with Gasteiger partial charge in [-0.15, -0.1) is 11.8 Å². The highest BCUT2D eigenvalue weighted by atomic mass is 32.2. The molecule has 0 heterocycles. The molecule has 1 N–H and O–H groups in total. The summed E-state index contributed by atoms with van der Waals surface area (Å²) in [6.07, 6.45) is 1.89. The predicted octanol–water partition coefficient (Wildman–Crippen LogP) is 0.973. The maximum atomic E-state index is 11.0. The molecular weight excluding hydrogens is 162 g/mol. The molecule has 64 valence electrons. The summed E-state index contributed by atoms with van der Waals surface area (Å²) in [5, 5.41) is 4.47. The Kier molecular flexibility index (Phi) is 5.74. The summed E-state index contributed by atoms with van der Waals surface area (Å²) >= 11 is 1.46. The lowest BCUT2D eigenvalue weighted by Crippen LogP contribution is -2.18. The van der Waals surface area contributed by atoms with Crippen LogP contribution in [0, 0.1) is 0 Å². The van der Waals surface area contributed by atoms with Crippen LogP contribution in [0.5, 0.6) is 0 Å². The Labute approximate surface area is 71.2 Å². The van der Waals surface area contributed by atoms with Gasteiger partial charge in [-0.2, -0.15) is 0 Å². The molecule has 4 heteroatoms. The zero-order chi connectivity index (χ0) is 8.69. The highest BCUT2D eigenvalue weighted by Crippen LogP contribution is 2.01. The van der Waals surface area contributed by atoms with E-state index in [-0.39, 0.29) is 5.97 Å². The molecule has 11 heavy (non-hydrogen) atoms. The number of hydrogen-bond acceptors (Lipinski definition) is 4. The summed E-state index contributed by atoms with van der Waals surface area (Å²) in [4.78, 5) is 11.0. The SMILES string of the molecule is CCOC(=O)/C(=C/SC)NC. The zero-order valence-corrected chi connectivity index (χ0v) is 7.83. The first kappa shape index (κ1) is 10.4. The van der Waals surface area contributed by atoms with Gasteiger partial charge in [0.2, 0.25) is 0 Å². The number of carbonyl (C=O) groups is 1. The van der Waals surface area contributed by atoms with Crippen molar-refractivity contribution in [3.8, 4) is 0 Å². The molecule has 0 aromatic carbocycles. The molecule has 0 saturated carbocycles. The van der Waals surface area contributed by atoms with Crippen molar-refractivity contribution >= 4 is 17.7 Å². The number of thioether (sulfide) groups is 1. The molecule has 0 spiro atoms. The van der Waals surface area contributed by atoms with Crippen molar-refractivity contribution in [3.05, 3.63) is 11.1 Å². The van der Waals surface area contributed by atoms with Gasteiger partial charge in [0.15, 0.2) is 0 Å². The van der Waals surface area contributed by atoms with Crippen LogP contribution in [0.1, 0.15) is 6.92 Å². The Morgan fingerprint density at radius 1 is 1.73 bits per heavy atom. The quantitative estimate of drug-likeness (QED) is 0.510. The Morgan fingerprint density at radius 3 is 2.73 bits per heavy atom. The lowest BCUT2D eigenvalue weighted by Gasteiger charge is -2.04. The third-order valence-corrected chi connectivity index (χ3v) is 1.47.